The first-order valence-corrected chi connectivity index (χ1v) is 8.30. The average Bonchev–Trinajstić information content (AvgIpc) is 2.53. The van der Waals surface area contributed by atoms with Crippen LogP contribution < -0.4 is 10.6 Å². The van der Waals surface area contributed by atoms with Crippen LogP contribution in [0.4, 0.5) is 10.1 Å². The Bertz CT molecular complexity index is 701. The van der Waals surface area contributed by atoms with E-state index in [0.29, 0.717) is 10.7 Å². The quantitative estimate of drug-likeness (QED) is 0.793. The molecule has 2 aromatic carbocycles. The van der Waals surface area contributed by atoms with Gasteiger partial charge in [0.2, 0.25) is 5.91 Å². The monoisotopic (exact) mass is 348 g/mol. The molecule has 128 valence electrons. The largest absolute Gasteiger partial charge is 0.325 e. The van der Waals surface area contributed by atoms with Gasteiger partial charge in [0.05, 0.1) is 6.54 Å². The number of carbonyl (C=O) groups is 1. The van der Waals surface area contributed by atoms with Gasteiger partial charge in [-0.3, -0.25) is 4.79 Å². The Morgan fingerprint density at radius 2 is 1.83 bits per heavy atom. The lowest BCUT2D eigenvalue weighted by Crippen LogP contribution is -2.33. The third-order valence-electron chi connectivity index (χ3n) is 3.92. The molecular weight excluding hydrogens is 327 g/mol. The predicted octanol–water partition coefficient (Wildman–Crippen LogP) is 4.71. The minimum absolute atomic E-state index is 0.0307. The van der Waals surface area contributed by atoms with Crippen molar-refractivity contribution >= 4 is 23.2 Å². The first-order valence-electron chi connectivity index (χ1n) is 7.92. The molecule has 0 saturated carbocycles. The molecule has 0 saturated heterocycles. The van der Waals surface area contributed by atoms with Crippen LogP contribution in [0.25, 0.3) is 0 Å². The Morgan fingerprint density at radius 3 is 2.46 bits per heavy atom. The Balaban J connectivity index is 2.00. The molecule has 3 nitrogen and oxygen atoms in total. The first-order chi connectivity index (χ1) is 11.4. The molecule has 2 rings (SSSR count). The van der Waals surface area contributed by atoms with Crippen LogP contribution in [-0.4, -0.2) is 12.5 Å². The summed E-state index contributed by atoms with van der Waals surface area (Å²) in [6.07, 6.45) is 0. The highest BCUT2D eigenvalue weighted by molar-refractivity contribution is 6.31. The van der Waals surface area contributed by atoms with Gasteiger partial charge < -0.3 is 10.6 Å². The zero-order chi connectivity index (χ0) is 17.7. The highest BCUT2D eigenvalue weighted by atomic mass is 35.5. The van der Waals surface area contributed by atoms with Crippen molar-refractivity contribution in [2.75, 3.05) is 11.9 Å². The van der Waals surface area contributed by atoms with E-state index >= 15 is 0 Å². The summed E-state index contributed by atoms with van der Waals surface area (Å²) < 4.78 is 13.1. The van der Waals surface area contributed by atoms with Crippen LogP contribution in [-0.2, 0) is 4.79 Å². The number of halogens is 2. The van der Waals surface area contributed by atoms with Gasteiger partial charge in [-0.05, 0) is 48.2 Å². The fraction of sp³-hybridized carbons (Fsp3) is 0.316. The minimum Gasteiger partial charge on any atom is -0.325 e. The van der Waals surface area contributed by atoms with Crippen molar-refractivity contribution < 1.29 is 9.18 Å². The maximum atomic E-state index is 13.1. The van der Waals surface area contributed by atoms with Gasteiger partial charge in [-0.25, -0.2) is 4.39 Å². The second kappa shape index (κ2) is 8.27. The molecule has 2 aromatic rings. The fourth-order valence-corrected chi connectivity index (χ4v) is 2.72. The third-order valence-corrected chi connectivity index (χ3v) is 4.33. The van der Waals surface area contributed by atoms with E-state index in [0.717, 1.165) is 11.1 Å². The first kappa shape index (κ1) is 18.4. The number of amides is 1. The van der Waals surface area contributed by atoms with Crippen molar-refractivity contribution in [1.82, 2.24) is 5.32 Å². The van der Waals surface area contributed by atoms with Crippen LogP contribution in [0.15, 0.2) is 42.5 Å². The van der Waals surface area contributed by atoms with E-state index in [-0.39, 0.29) is 30.2 Å². The Hall–Kier alpha value is -1.91. The summed E-state index contributed by atoms with van der Waals surface area (Å²) in [5.74, 6) is -0.153. The summed E-state index contributed by atoms with van der Waals surface area (Å²) in [5.41, 5.74) is 2.50. The molecule has 0 aliphatic carbocycles. The topological polar surface area (TPSA) is 41.1 Å². The molecule has 0 unspecified atom stereocenters. The van der Waals surface area contributed by atoms with Crippen LogP contribution in [0.1, 0.15) is 31.0 Å². The zero-order valence-electron chi connectivity index (χ0n) is 14.1. The number of rotatable bonds is 6. The number of benzene rings is 2. The normalized spacial score (nSPS) is 12.2. The van der Waals surface area contributed by atoms with E-state index < -0.39 is 0 Å². The second-order valence-corrected chi connectivity index (χ2v) is 6.52. The van der Waals surface area contributed by atoms with Crippen LogP contribution in [0.2, 0.25) is 5.02 Å². The van der Waals surface area contributed by atoms with Crippen molar-refractivity contribution in [2.24, 2.45) is 5.92 Å². The summed E-state index contributed by atoms with van der Waals surface area (Å²) in [7, 11) is 0. The molecule has 0 aliphatic rings. The van der Waals surface area contributed by atoms with Gasteiger partial charge in [-0.15, -0.1) is 0 Å². The molecule has 5 heteroatoms. The maximum absolute atomic E-state index is 13.1. The Labute approximate surface area is 147 Å². The number of hydrogen-bond acceptors (Lipinski definition) is 2. The summed E-state index contributed by atoms with van der Waals surface area (Å²) in [6.45, 7) is 6.13. The summed E-state index contributed by atoms with van der Waals surface area (Å²) in [4.78, 5) is 12.2. The molecule has 0 radical (unpaired) electrons. The molecule has 1 atom stereocenters. The van der Waals surface area contributed by atoms with Crippen LogP contribution >= 0.6 is 11.6 Å². The van der Waals surface area contributed by atoms with E-state index in [1.54, 1.807) is 24.3 Å². The number of anilines is 1. The molecule has 0 heterocycles. The molecular formula is C19H22ClFN2O. The van der Waals surface area contributed by atoms with Crippen molar-refractivity contribution in [1.29, 1.82) is 0 Å². The zero-order valence-corrected chi connectivity index (χ0v) is 14.8. The minimum atomic E-state index is -0.268. The van der Waals surface area contributed by atoms with E-state index in [1.165, 1.54) is 12.1 Å². The van der Waals surface area contributed by atoms with Gasteiger partial charge in [-0.2, -0.15) is 0 Å². The summed E-state index contributed by atoms with van der Waals surface area (Å²) >= 11 is 6.06. The van der Waals surface area contributed by atoms with Crippen molar-refractivity contribution in [2.45, 2.75) is 26.8 Å². The Kier molecular flexibility index (Phi) is 6.35. The third kappa shape index (κ3) is 4.79. The lowest BCUT2D eigenvalue weighted by molar-refractivity contribution is -0.115. The van der Waals surface area contributed by atoms with Crippen molar-refractivity contribution in [3.8, 4) is 0 Å². The number of nitrogens with one attached hydrogen (secondary N) is 2. The van der Waals surface area contributed by atoms with Crippen LogP contribution in [0.5, 0.6) is 0 Å². The SMILES string of the molecule is Cc1c(Cl)cccc1NC(=O)CN[C@@H](c1ccc(F)cc1)C(C)C. The smallest absolute Gasteiger partial charge is 0.238 e. The fourth-order valence-electron chi connectivity index (χ4n) is 2.55. The van der Waals surface area contributed by atoms with E-state index in [9.17, 15) is 9.18 Å². The summed E-state index contributed by atoms with van der Waals surface area (Å²) in [6, 6.07) is 11.7. The van der Waals surface area contributed by atoms with Crippen LogP contribution in [0.3, 0.4) is 0 Å². The molecule has 0 aromatic heterocycles. The standard InChI is InChI=1S/C19H22ClFN2O/c1-12(2)19(14-7-9-15(21)10-8-14)22-11-18(24)23-17-6-4-5-16(20)13(17)3/h4-10,12,19,22H,11H2,1-3H3,(H,23,24)/t19-/m1/s1. The molecule has 2 N–H and O–H groups in total. The maximum Gasteiger partial charge on any atom is 0.238 e. The van der Waals surface area contributed by atoms with Gasteiger partial charge in [0, 0.05) is 16.8 Å². The lowest BCUT2D eigenvalue weighted by Gasteiger charge is -2.23. The van der Waals surface area contributed by atoms with Gasteiger partial charge in [0.25, 0.3) is 0 Å². The molecule has 0 bridgehead atoms. The Morgan fingerprint density at radius 1 is 1.17 bits per heavy atom. The highest BCUT2D eigenvalue weighted by Gasteiger charge is 2.17. The van der Waals surface area contributed by atoms with Gasteiger partial charge in [0.15, 0.2) is 0 Å². The van der Waals surface area contributed by atoms with Crippen LogP contribution in [0, 0.1) is 18.7 Å². The predicted molar refractivity (Wildman–Crippen MR) is 96.8 cm³/mol. The van der Waals surface area contributed by atoms with Crippen molar-refractivity contribution in [3.05, 3.63) is 64.4 Å². The van der Waals surface area contributed by atoms with Gasteiger partial charge >= 0.3 is 0 Å². The van der Waals surface area contributed by atoms with E-state index in [4.69, 9.17) is 11.6 Å². The number of carbonyl (C=O) groups excluding carboxylic acids is 1. The van der Waals surface area contributed by atoms with Gasteiger partial charge in [-0.1, -0.05) is 43.6 Å². The average molecular weight is 349 g/mol. The molecule has 0 aliphatic heterocycles. The highest BCUT2D eigenvalue weighted by Crippen LogP contribution is 2.24. The molecule has 0 spiro atoms. The summed E-state index contributed by atoms with van der Waals surface area (Å²) in [5, 5.41) is 6.72. The van der Waals surface area contributed by atoms with Gasteiger partial charge in [0.1, 0.15) is 5.82 Å². The number of hydrogen-bond donors (Lipinski definition) is 2. The molecule has 24 heavy (non-hydrogen) atoms. The lowest BCUT2D eigenvalue weighted by atomic mass is 9.96. The van der Waals surface area contributed by atoms with Crippen molar-refractivity contribution in [3.63, 3.8) is 0 Å². The van der Waals surface area contributed by atoms with E-state index in [2.05, 4.69) is 24.5 Å². The molecule has 1 amide bonds. The second-order valence-electron chi connectivity index (χ2n) is 6.11. The molecule has 0 fully saturated rings. The van der Waals surface area contributed by atoms with E-state index in [1.807, 2.05) is 13.0 Å².